The van der Waals surface area contributed by atoms with Crippen molar-refractivity contribution in [3.8, 4) is 0 Å². The van der Waals surface area contributed by atoms with Crippen molar-refractivity contribution in [1.29, 1.82) is 0 Å². The number of hydrogen-bond donors (Lipinski definition) is 0. The molecule has 0 aromatic rings. The van der Waals surface area contributed by atoms with Gasteiger partial charge < -0.3 is 0 Å². The summed E-state index contributed by atoms with van der Waals surface area (Å²) in [5, 5.41) is 0. The summed E-state index contributed by atoms with van der Waals surface area (Å²) in [6, 6.07) is 1.05. The van der Waals surface area contributed by atoms with Crippen molar-refractivity contribution in [2.45, 2.75) is 18.9 Å². The number of rotatable bonds is 0. The van der Waals surface area contributed by atoms with Crippen molar-refractivity contribution in [3.63, 3.8) is 0 Å². The molecule has 1 nitrogen and oxygen atoms in total. The van der Waals surface area contributed by atoms with Gasteiger partial charge in [-0.1, -0.05) is 0 Å². The zero-order chi connectivity index (χ0) is 3.98. The Morgan fingerprint density at radius 1 is 1.50 bits per heavy atom. The van der Waals surface area contributed by atoms with Crippen molar-refractivity contribution in [2.24, 2.45) is 0 Å². The Kier molecular flexibility index (Phi) is 0.396. The van der Waals surface area contributed by atoms with Crippen LogP contribution in [-0.4, -0.2) is 24.0 Å². The zero-order valence-electron chi connectivity index (χ0n) is 3.85. The largest absolute Gasteiger partial charge is 0.298 e. The van der Waals surface area contributed by atoms with Crippen LogP contribution in [0.5, 0.6) is 0 Å². The fraction of sp³-hybridized carbons (Fsp3) is 1.00. The van der Waals surface area contributed by atoms with Crippen molar-refractivity contribution in [3.05, 3.63) is 0 Å². The summed E-state index contributed by atoms with van der Waals surface area (Å²) in [5.74, 6) is 0. The van der Waals surface area contributed by atoms with Crippen LogP contribution in [0.3, 0.4) is 0 Å². The third-order valence-corrected chi connectivity index (χ3v) is 1.81. The molecule has 0 spiro atoms. The van der Waals surface area contributed by atoms with Crippen LogP contribution in [0.2, 0.25) is 0 Å². The Morgan fingerprint density at radius 2 is 2.50 bits per heavy atom. The second-order valence-corrected chi connectivity index (χ2v) is 2.29. The Balaban J connectivity index is 2.09. The molecule has 0 aromatic carbocycles. The lowest BCUT2D eigenvalue weighted by molar-refractivity contribution is 0.593. The zero-order valence-corrected chi connectivity index (χ0v) is 3.85. The van der Waals surface area contributed by atoms with Crippen molar-refractivity contribution >= 4 is 0 Å². The summed E-state index contributed by atoms with van der Waals surface area (Å²) in [7, 11) is 0. The maximum Gasteiger partial charge on any atom is 0.0224 e. The van der Waals surface area contributed by atoms with Gasteiger partial charge in [0.15, 0.2) is 0 Å². The lowest BCUT2D eigenvalue weighted by Crippen LogP contribution is -1.90. The molecular formula is C5H9N. The third-order valence-electron chi connectivity index (χ3n) is 1.81. The molecular weight excluding hydrogens is 74.1 g/mol. The van der Waals surface area contributed by atoms with Crippen molar-refractivity contribution in [1.82, 2.24) is 4.90 Å². The minimum atomic E-state index is 1.05. The molecule has 34 valence electrons. The number of nitrogens with zero attached hydrogens (tertiary/aromatic N) is 1. The highest BCUT2D eigenvalue weighted by molar-refractivity contribution is 4.94. The standard InChI is InChI=1S/C5H9N/c1-2-5-4-6(5)3-1/h5H,1-4H2. The van der Waals surface area contributed by atoms with Crippen LogP contribution >= 0.6 is 0 Å². The lowest BCUT2D eigenvalue weighted by atomic mass is 10.3. The predicted molar refractivity (Wildman–Crippen MR) is 24.6 cm³/mol. The smallest absolute Gasteiger partial charge is 0.0224 e. The maximum atomic E-state index is 2.53. The molecule has 2 aliphatic heterocycles. The van der Waals surface area contributed by atoms with Crippen LogP contribution < -0.4 is 0 Å². The van der Waals surface area contributed by atoms with E-state index in [0.717, 1.165) is 6.04 Å². The lowest BCUT2D eigenvalue weighted by Gasteiger charge is -1.83. The van der Waals surface area contributed by atoms with Gasteiger partial charge in [0, 0.05) is 12.6 Å². The summed E-state index contributed by atoms with van der Waals surface area (Å²) in [6.07, 6.45) is 2.95. The highest BCUT2D eigenvalue weighted by atomic mass is 15.3. The van der Waals surface area contributed by atoms with Crippen molar-refractivity contribution < 1.29 is 0 Å². The highest BCUT2D eigenvalue weighted by Crippen LogP contribution is 2.28. The van der Waals surface area contributed by atoms with Crippen LogP contribution in [0.1, 0.15) is 12.8 Å². The monoisotopic (exact) mass is 83.1 g/mol. The third kappa shape index (κ3) is 0.243. The minimum absolute atomic E-state index is 1.05. The Hall–Kier alpha value is -0.0400. The van der Waals surface area contributed by atoms with Crippen LogP contribution in [0.25, 0.3) is 0 Å². The molecule has 2 rings (SSSR count). The number of hydrogen-bond acceptors (Lipinski definition) is 1. The fourth-order valence-corrected chi connectivity index (χ4v) is 1.30. The molecule has 0 saturated carbocycles. The average molecular weight is 83.1 g/mol. The van der Waals surface area contributed by atoms with E-state index in [4.69, 9.17) is 0 Å². The van der Waals surface area contributed by atoms with E-state index in [2.05, 4.69) is 4.90 Å². The molecule has 0 N–H and O–H groups in total. The van der Waals surface area contributed by atoms with E-state index < -0.39 is 0 Å². The highest BCUT2D eigenvalue weighted by Gasteiger charge is 2.37. The van der Waals surface area contributed by atoms with Gasteiger partial charge >= 0.3 is 0 Å². The van der Waals surface area contributed by atoms with Gasteiger partial charge in [0.05, 0.1) is 0 Å². The normalized spacial score (nSPS) is 52.0. The van der Waals surface area contributed by atoms with Crippen LogP contribution in [-0.2, 0) is 0 Å². The van der Waals surface area contributed by atoms with Gasteiger partial charge in [-0.3, -0.25) is 4.90 Å². The molecule has 6 heavy (non-hydrogen) atoms. The SMILES string of the molecule is C1CC2CN2C1. The van der Waals surface area contributed by atoms with E-state index in [0.29, 0.717) is 0 Å². The van der Waals surface area contributed by atoms with Gasteiger partial charge in [-0.05, 0) is 19.4 Å². The van der Waals surface area contributed by atoms with Crippen molar-refractivity contribution in [2.75, 3.05) is 13.1 Å². The van der Waals surface area contributed by atoms with E-state index in [9.17, 15) is 0 Å². The Bertz CT molecular complexity index is 62.3. The number of fused-ring (bicyclic) bond motifs is 1. The quantitative estimate of drug-likeness (QED) is 0.384. The number of piperidine rings is 1. The van der Waals surface area contributed by atoms with Gasteiger partial charge in [0.25, 0.3) is 0 Å². The molecule has 2 heterocycles. The second kappa shape index (κ2) is 0.784. The molecule has 2 unspecified atom stereocenters. The van der Waals surface area contributed by atoms with Gasteiger partial charge in [-0.2, -0.15) is 0 Å². The summed E-state index contributed by atoms with van der Waals surface area (Å²) < 4.78 is 0. The van der Waals surface area contributed by atoms with E-state index in [-0.39, 0.29) is 0 Å². The molecule has 0 bridgehead atoms. The van der Waals surface area contributed by atoms with Crippen LogP contribution in [0.15, 0.2) is 0 Å². The molecule has 2 saturated heterocycles. The summed E-state index contributed by atoms with van der Waals surface area (Å²) in [6.45, 7) is 2.81. The molecule has 1 heteroatoms. The summed E-state index contributed by atoms with van der Waals surface area (Å²) in [5.41, 5.74) is 0. The molecule has 0 aliphatic carbocycles. The second-order valence-electron chi connectivity index (χ2n) is 2.29. The van der Waals surface area contributed by atoms with Gasteiger partial charge in [-0.25, -0.2) is 0 Å². The Morgan fingerprint density at radius 3 is 2.67 bits per heavy atom. The summed E-state index contributed by atoms with van der Waals surface area (Å²) in [4.78, 5) is 2.53. The topological polar surface area (TPSA) is 3.01 Å². The van der Waals surface area contributed by atoms with Crippen LogP contribution in [0, 0.1) is 0 Å². The summed E-state index contributed by atoms with van der Waals surface area (Å²) >= 11 is 0. The van der Waals surface area contributed by atoms with E-state index in [1.165, 1.54) is 25.9 Å². The van der Waals surface area contributed by atoms with E-state index >= 15 is 0 Å². The molecule has 2 fully saturated rings. The molecule has 0 radical (unpaired) electrons. The first-order valence-corrected chi connectivity index (χ1v) is 2.71. The first-order chi connectivity index (χ1) is 2.97. The van der Waals surface area contributed by atoms with E-state index in [1.54, 1.807) is 0 Å². The Labute approximate surface area is 37.9 Å². The average Bonchev–Trinajstić information content (AvgIpc) is 2.17. The first-order valence-electron chi connectivity index (χ1n) is 2.71. The maximum absolute atomic E-state index is 2.53. The van der Waals surface area contributed by atoms with Gasteiger partial charge in [-0.15, -0.1) is 0 Å². The minimum Gasteiger partial charge on any atom is -0.298 e. The molecule has 2 atom stereocenters. The fourth-order valence-electron chi connectivity index (χ4n) is 1.30. The van der Waals surface area contributed by atoms with E-state index in [1.807, 2.05) is 0 Å². The molecule has 0 aromatic heterocycles. The predicted octanol–water partition coefficient (Wildman–Crippen LogP) is 0.464. The van der Waals surface area contributed by atoms with Gasteiger partial charge in [0.1, 0.15) is 0 Å². The molecule has 0 amide bonds. The molecule has 2 aliphatic rings. The first kappa shape index (κ1) is 3.03. The van der Waals surface area contributed by atoms with Crippen LogP contribution in [0.4, 0.5) is 0 Å². The van der Waals surface area contributed by atoms with Gasteiger partial charge in [0.2, 0.25) is 0 Å².